The molecule has 0 aliphatic carbocycles. The summed E-state index contributed by atoms with van der Waals surface area (Å²) in [7, 11) is 0. The summed E-state index contributed by atoms with van der Waals surface area (Å²) in [5.41, 5.74) is 8.28. The van der Waals surface area contributed by atoms with E-state index in [4.69, 9.17) is 0 Å². The third kappa shape index (κ3) is 5.85. The molecule has 0 saturated carbocycles. The molecule has 180 valence electrons. The molecule has 0 aliphatic rings. The van der Waals surface area contributed by atoms with Gasteiger partial charge >= 0.3 is 0 Å². The van der Waals surface area contributed by atoms with Gasteiger partial charge in [-0.2, -0.15) is 0 Å². The van der Waals surface area contributed by atoms with Gasteiger partial charge in [0.1, 0.15) is 0 Å². The molecule has 0 unspecified atom stereocenters. The highest BCUT2D eigenvalue weighted by atomic mass is 16.2. The van der Waals surface area contributed by atoms with E-state index in [-0.39, 0.29) is 17.7 Å². The highest BCUT2D eigenvalue weighted by Crippen LogP contribution is 2.40. The van der Waals surface area contributed by atoms with Crippen LogP contribution in [-0.2, 0) is 14.4 Å². The Bertz CT molecular complexity index is 1330. The first-order valence-electron chi connectivity index (χ1n) is 11.6. The van der Waals surface area contributed by atoms with Crippen LogP contribution in [0.15, 0.2) is 91.0 Å². The lowest BCUT2D eigenvalue weighted by atomic mass is 9.87. The van der Waals surface area contributed by atoms with E-state index in [0.29, 0.717) is 0 Å². The van der Waals surface area contributed by atoms with Crippen LogP contribution in [0.25, 0.3) is 33.4 Å². The highest BCUT2D eigenvalue weighted by molar-refractivity contribution is 5.97. The average Bonchev–Trinajstić information content (AvgIpc) is 2.84. The third-order valence-corrected chi connectivity index (χ3v) is 5.59. The zero-order valence-corrected chi connectivity index (χ0v) is 20.4. The van der Waals surface area contributed by atoms with E-state index in [9.17, 15) is 14.4 Å². The number of nitrogens with one attached hydrogen (secondary N) is 3. The molecule has 0 saturated heterocycles. The smallest absolute Gasteiger partial charge is 0.221 e. The van der Waals surface area contributed by atoms with Crippen molar-refractivity contribution in [3.63, 3.8) is 0 Å². The Morgan fingerprint density at radius 2 is 0.750 bits per heavy atom. The number of carbonyl (C=O) groups excluding carboxylic acids is 3. The van der Waals surface area contributed by atoms with Crippen molar-refractivity contribution in [1.29, 1.82) is 0 Å². The van der Waals surface area contributed by atoms with E-state index in [0.717, 1.165) is 50.4 Å². The first-order chi connectivity index (χ1) is 17.3. The number of hydrogen-bond acceptors (Lipinski definition) is 3. The average molecular weight is 478 g/mol. The van der Waals surface area contributed by atoms with Crippen LogP contribution in [-0.4, -0.2) is 17.7 Å². The third-order valence-electron chi connectivity index (χ3n) is 5.59. The fourth-order valence-electron chi connectivity index (χ4n) is 4.14. The molecule has 0 bridgehead atoms. The van der Waals surface area contributed by atoms with Gasteiger partial charge in [0.05, 0.1) is 0 Å². The van der Waals surface area contributed by atoms with Crippen molar-refractivity contribution >= 4 is 34.8 Å². The van der Waals surface area contributed by atoms with Gasteiger partial charge in [-0.25, -0.2) is 0 Å². The molecule has 0 radical (unpaired) electrons. The van der Waals surface area contributed by atoms with Gasteiger partial charge in [-0.05, 0) is 69.8 Å². The van der Waals surface area contributed by atoms with Crippen LogP contribution >= 0.6 is 0 Å². The van der Waals surface area contributed by atoms with E-state index < -0.39 is 0 Å². The number of carbonyl (C=O) groups is 3. The van der Waals surface area contributed by atoms with E-state index in [2.05, 4.69) is 28.1 Å². The maximum Gasteiger partial charge on any atom is 0.221 e. The predicted molar refractivity (Wildman–Crippen MR) is 146 cm³/mol. The first kappa shape index (κ1) is 24.4. The van der Waals surface area contributed by atoms with Crippen LogP contribution in [0, 0.1) is 0 Å². The van der Waals surface area contributed by atoms with Gasteiger partial charge in [-0.15, -0.1) is 0 Å². The van der Waals surface area contributed by atoms with E-state index in [1.807, 2.05) is 78.9 Å². The predicted octanol–water partition coefficient (Wildman–Crippen LogP) is 6.56. The van der Waals surface area contributed by atoms with Gasteiger partial charge in [-0.3, -0.25) is 14.4 Å². The molecule has 4 rings (SSSR count). The summed E-state index contributed by atoms with van der Waals surface area (Å²) in [4.78, 5) is 34.3. The summed E-state index contributed by atoms with van der Waals surface area (Å²) in [6.45, 7) is 4.45. The van der Waals surface area contributed by atoms with E-state index >= 15 is 0 Å². The summed E-state index contributed by atoms with van der Waals surface area (Å²) < 4.78 is 0. The van der Waals surface area contributed by atoms with Gasteiger partial charge in [-0.1, -0.05) is 54.6 Å². The zero-order chi connectivity index (χ0) is 25.7. The number of benzene rings is 4. The summed E-state index contributed by atoms with van der Waals surface area (Å²) in [5.74, 6) is -0.359. The number of anilines is 3. The molecule has 3 N–H and O–H groups in total. The molecule has 4 aromatic rings. The van der Waals surface area contributed by atoms with Gasteiger partial charge in [0.2, 0.25) is 17.7 Å². The quantitative estimate of drug-likeness (QED) is 0.294. The van der Waals surface area contributed by atoms with E-state index in [1.165, 1.54) is 20.8 Å². The molecule has 0 atom stereocenters. The molecule has 0 spiro atoms. The largest absolute Gasteiger partial charge is 0.326 e. The SMILES string of the molecule is CC(=O)Nc1ccc(-c2cccc(-c3ccc(NC(C)=O)cc3)c2-c2ccc(NC(C)=O)cc2)cc1. The van der Waals surface area contributed by atoms with Gasteiger partial charge < -0.3 is 16.0 Å². The van der Waals surface area contributed by atoms with E-state index in [1.54, 1.807) is 0 Å². The number of amides is 3. The maximum absolute atomic E-state index is 11.5. The van der Waals surface area contributed by atoms with Crippen molar-refractivity contribution in [3.8, 4) is 33.4 Å². The van der Waals surface area contributed by atoms with Gasteiger partial charge in [0.15, 0.2) is 0 Å². The van der Waals surface area contributed by atoms with Crippen molar-refractivity contribution in [2.45, 2.75) is 20.8 Å². The Labute approximate surface area is 210 Å². The lowest BCUT2D eigenvalue weighted by molar-refractivity contribution is -0.115. The van der Waals surface area contributed by atoms with Crippen LogP contribution in [0.1, 0.15) is 20.8 Å². The molecular formula is C30H27N3O3. The fourth-order valence-corrected chi connectivity index (χ4v) is 4.14. The highest BCUT2D eigenvalue weighted by Gasteiger charge is 2.15. The second kappa shape index (κ2) is 10.7. The fraction of sp³-hybridized carbons (Fsp3) is 0.100. The normalized spacial score (nSPS) is 10.4. The second-order valence-corrected chi connectivity index (χ2v) is 8.50. The van der Waals surface area contributed by atoms with Crippen LogP contribution in [0.3, 0.4) is 0 Å². The maximum atomic E-state index is 11.5. The molecule has 36 heavy (non-hydrogen) atoms. The Hall–Kier alpha value is -4.71. The number of hydrogen-bond donors (Lipinski definition) is 3. The molecule has 6 heteroatoms. The Balaban J connectivity index is 1.83. The molecule has 3 amide bonds. The van der Waals surface area contributed by atoms with Crippen LogP contribution in [0.5, 0.6) is 0 Å². The molecule has 0 heterocycles. The molecule has 0 aromatic heterocycles. The molecule has 0 fully saturated rings. The first-order valence-corrected chi connectivity index (χ1v) is 11.6. The molecule has 6 nitrogen and oxygen atoms in total. The lowest BCUT2D eigenvalue weighted by Crippen LogP contribution is -2.05. The minimum atomic E-state index is -0.123. The summed E-state index contributed by atoms with van der Waals surface area (Å²) in [5, 5.41) is 8.42. The lowest BCUT2D eigenvalue weighted by Gasteiger charge is -2.17. The Morgan fingerprint density at radius 3 is 1.06 bits per heavy atom. The van der Waals surface area contributed by atoms with Crippen LogP contribution in [0.2, 0.25) is 0 Å². The summed E-state index contributed by atoms with van der Waals surface area (Å²) >= 11 is 0. The van der Waals surface area contributed by atoms with Crippen LogP contribution < -0.4 is 16.0 Å². The molecular weight excluding hydrogens is 450 g/mol. The van der Waals surface area contributed by atoms with Crippen LogP contribution in [0.4, 0.5) is 17.1 Å². The van der Waals surface area contributed by atoms with Gasteiger partial charge in [0.25, 0.3) is 0 Å². The second-order valence-electron chi connectivity index (χ2n) is 8.50. The Kier molecular flexibility index (Phi) is 7.25. The van der Waals surface area contributed by atoms with Crippen molar-refractivity contribution in [2.24, 2.45) is 0 Å². The molecule has 4 aromatic carbocycles. The van der Waals surface area contributed by atoms with Gasteiger partial charge in [0, 0.05) is 37.8 Å². The van der Waals surface area contributed by atoms with Crippen molar-refractivity contribution in [3.05, 3.63) is 91.0 Å². The van der Waals surface area contributed by atoms with Crippen molar-refractivity contribution < 1.29 is 14.4 Å². The minimum absolute atomic E-state index is 0.118. The topological polar surface area (TPSA) is 87.3 Å². The summed E-state index contributed by atoms with van der Waals surface area (Å²) in [6.07, 6.45) is 0. The monoisotopic (exact) mass is 477 g/mol. The summed E-state index contributed by atoms with van der Waals surface area (Å²) in [6, 6.07) is 29.4. The minimum Gasteiger partial charge on any atom is -0.326 e. The number of rotatable bonds is 6. The Morgan fingerprint density at radius 1 is 0.444 bits per heavy atom. The standard InChI is InChI=1S/C30H27N3O3/c1-19(34)31-25-13-7-22(8-14-25)28-5-4-6-29(23-9-15-26(16-10-23)32-20(2)35)30(28)24-11-17-27(18-12-24)33-21(3)36/h4-18H,1-3H3,(H,31,34)(H,32,35)(H,33,36). The molecule has 0 aliphatic heterocycles. The zero-order valence-electron chi connectivity index (χ0n) is 20.4. The van der Waals surface area contributed by atoms with Crippen molar-refractivity contribution in [1.82, 2.24) is 0 Å². The van der Waals surface area contributed by atoms with Crippen molar-refractivity contribution in [2.75, 3.05) is 16.0 Å².